The molecule has 18 heteroatoms. The zero-order valence-electron chi connectivity index (χ0n) is 31.0. The van der Waals surface area contributed by atoms with Gasteiger partial charge in [0.15, 0.2) is 34.3 Å². The predicted molar refractivity (Wildman–Crippen MR) is 201 cm³/mol. The summed E-state index contributed by atoms with van der Waals surface area (Å²) in [7, 11) is 9.53. The zero-order valence-corrected chi connectivity index (χ0v) is 31.0. The number of imidazole rings is 1. The van der Waals surface area contributed by atoms with E-state index in [1.165, 1.54) is 28.4 Å². The lowest BCUT2D eigenvalue weighted by Crippen LogP contribution is -2.42. The van der Waals surface area contributed by atoms with Crippen molar-refractivity contribution in [1.82, 2.24) is 39.6 Å². The molecule has 6 aromatic rings. The number of halogens is 1. The van der Waals surface area contributed by atoms with Gasteiger partial charge in [0.1, 0.15) is 24.2 Å². The number of fused-ring (bicyclic) bond motifs is 2. The number of benzene rings is 2. The van der Waals surface area contributed by atoms with Crippen molar-refractivity contribution < 1.29 is 37.7 Å². The van der Waals surface area contributed by atoms with Crippen LogP contribution in [0.15, 0.2) is 61.2 Å². The van der Waals surface area contributed by atoms with Crippen LogP contribution in [0.1, 0.15) is 15.9 Å². The minimum atomic E-state index is -1.41. The van der Waals surface area contributed by atoms with Crippen LogP contribution in [0.2, 0.25) is 0 Å². The predicted octanol–water partition coefficient (Wildman–Crippen LogP) is 3.87. The highest BCUT2D eigenvalue weighted by Crippen LogP contribution is 2.39. The van der Waals surface area contributed by atoms with Crippen molar-refractivity contribution in [2.75, 3.05) is 58.4 Å². The van der Waals surface area contributed by atoms with E-state index in [1.54, 1.807) is 77.3 Å². The summed E-state index contributed by atoms with van der Waals surface area (Å²) < 4.78 is 46.2. The maximum atomic E-state index is 15.4. The summed E-state index contributed by atoms with van der Waals surface area (Å²) in [5, 5.41) is 10.9. The van der Waals surface area contributed by atoms with Crippen molar-refractivity contribution >= 4 is 51.2 Å². The van der Waals surface area contributed by atoms with Gasteiger partial charge < -0.3 is 48.8 Å². The van der Waals surface area contributed by atoms with Crippen molar-refractivity contribution in [2.24, 2.45) is 14.1 Å². The lowest BCUT2D eigenvalue weighted by atomic mass is 10.0. The summed E-state index contributed by atoms with van der Waals surface area (Å²) in [5.74, 6) is 1.74. The number of ether oxygens (including phenoxy) is 5. The summed E-state index contributed by atoms with van der Waals surface area (Å²) in [6.07, 6.45) is 3.55. The first-order chi connectivity index (χ1) is 26.5. The molecule has 0 unspecified atom stereocenters. The van der Waals surface area contributed by atoms with Crippen LogP contribution in [-0.2, 0) is 18.9 Å². The number of aryl methyl sites for hydroxylation is 2. The fourth-order valence-corrected chi connectivity index (χ4v) is 6.38. The van der Waals surface area contributed by atoms with Crippen LogP contribution >= 0.6 is 0 Å². The Morgan fingerprint density at radius 1 is 1.02 bits per heavy atom. The second-order valence-electron chi connectivity index (χ2n) is 12.8. The minimum Gasteiger partial charge on any atom is -0.493 e. The van der Waals surface area contributed by atoms with Gasteiger partial charge in [0.25, 0.3) is 5.88 Å². The Bertz CT molecular complexity index is 2410. The Hall–Kier alpha value is -6.85. The third kappa shape index (κ3) is 7.00. The molecule has 1 aliphatic heterocycles. The third-order valence-corrected chi connectivity index (χ3v) is 9.20. The number of anilines is 3. The zero-order chi connectivity index (χ0) is 39.0. The summed E-state index contributed by atoms with van der Waals surface area (Å²) in [5.41, 5.74) is 3.12. The first-order valence-corrected chi connectivity index (χ1v) is 17.0. The molecule has 4 aromatic heterocycles. The molecular weight excluding hydrogens is 715 g/mol. The van der Waals surface area contributed by atoms with E-state index in [9.17, 15) is 9.59 Å². The van der Waals surface area contributed by atoms with Crippen LogP contribution in [0.3, 0.4) is 0 Å². The number of hydrogen-bond donors (Lipinski definition) is 3. The van der Waals surface area contributed by atoms with Crippen LogP contribution in [0.4, 0.5) is 21.8 Å². The van der Waals surface area contributed by atoms with Crippen LogP contribution in [-0.4, -0.2) is 106 Å². The van der Waals surface area contributed by atoms with Gasteiger partial charge in [-0.1, -0.05) is 6.58 Å². The van der Waals surface area contributed by atoms with Crippen molar-refractivity contribution in [2.45, 2.75) is 12.2 Å². The van der Waals surface area contributed by atoms with Gasteiger partial charge in [-0.15, -0.1) is 5.10 Å². The summed E-state index contributed by atoms with van der Waals surface area (Å²) in [6.45, 7) is 3.77. The van der Waals surface area contributed by atoms with Gasteiger partial charge in [-0.3, -0.25) is 14.3 Å². The molecule has 1 amide bonds. The average Bonchev–Trinajstić information content (AvgIpc) is 3.97. The van der Waals surface area contributed by atoms with E-state index in [-0.39, 0.29) is 37.0 Å². The maximum Gasteiger partial charge on any atom is 0.256 e. The van der Waals surface area contributed by atoms with Gasteiger partial charge in [-0.25, -0.2) is 9.37 Å². The molecule has 17 nitrogen and oxygen atoms in total. The van der Waals surface area contributed by atoms with E-state index >= 15 is 4.39 Å². The van der Waals surface area contributed by atoms with Crippen molar-refractivity contribution in [3.63, 3.8) is 0 Å². The first kappa shape index (κ1) is 36.5. The second-order valence-corrected chi connectivity index (χ2v) is 12.8. The first-order valence-electron chi connectivity index (χ1n) is 17.0. The number of nitrogens with zero attached hydrogens (tertiary/aromatic N) is 7. The number of amides is 1. The molecule has 0 spiro atoms. The maximum absolute atomic E-state index is 15.4. The van der Waals surface area contributed by atoms with Gasteiger partial charge in [0, 0.05) is 60.5 Å². The quantitative estimate of drug-likeness (QED) is 0.108. The highest BCUT2D eigenvalue weighted by molar-refractivity contribution is 6.16. The van der Waals surface area contributed by atoms with Gasteiger partial charge in [0.05, 0.1) is 53.5 Å². The van der Waals surface area contributed by atoms with E-state index in [1.807, 2.05) is 0 Å². The molecule has 286 valence electrons. The normalized spacial score (nSPS) is 15.3. The number of methoxy groups -OCH3 is 4. The molecule has 1 saturated heterocycles. The number of aromatic amines is 1. The van der Waals surface area contributed by atoms with Crippen LogP contribution in [0.25, 0.3) is 22.1 Å². The highest BCUT2D eigenvalue weighted by atomic mass is 19.1. The Morgan fingerprint density at radius 2 is 1.78 bits per heavy atom. The second kappa shape index (κ2) is 14.9. The van der Waals surface area contributed by atoms with E-state index in [4.69, 9.17) is 23.7 Å². The Morgan fingerprint density at radius 3 is 2.49 bits per heavy atom. The van der Waals surface area contributed by atoms with Gasteiger partial charge in [0.2, 0.25) is 17.6 Å². The molecule has 5 heterocycles. The van der Waals surface area contributed by atoms with Crippen LogP contribution < -0.4 is 39.2 Å². The van der Waals surface area contributed by atoms with Crippen LogP contribution in [0.5, 0.6) is 28.9 Å². The lowest BCUT2D eigenvalue weighted by molar-refractivity contribution is -0.118. The van der Waals surface area contributed by atoms with Crippen LogP contribution in [0, 0.1) is 0 Å². The number of H-pyrrole nitrogens is 1. The van der Waals surface area contributed by atoms with E-state index in [2.05, 4.69) is 42.2 Å². The van der Waals surface area contributed by atoms with Crippen molar-refractivity contribution in [1.29, 1.82) is 0 Å². The van der Waals surface area contributed by atoms with Crippen molar-refractivity contribution in [3.8, 4) is 28.9 Å². The number of carbonyl (C=O) groups excluding carboxylic acids is 2. The molecule has 2 aromatic carbocycles. The number of alkyl halides is 1. The number of ketones is 1. The molecule has 0 bridgehead atoms. The fourth-order valence-electron chi connectivity index (χ4n) is 6.38. The molecule has 1 fully saturated rings. The summed E-state index contributed by atoms with van der Waals surface area (Å²) >= 11 is 0. The topological polar surface area (TPSA) is 185 Å². The molecular formula is C37H39FN10O7. The largest absolute Gasteiger partial charge is 0.493 e. The lowest BCUT2D eigenvalue weighted by Gasteiger charge is -2.18. The molecule has 2 atom stereocenters. The number of nitrogens with one attached hydrogen (secondary N) is 3. The Balaban J connectivity index is 0.992. The SMILES string of the molecule is C=C(COc1ccc2c(C(=O)c3cc(OC)c(OC)c(OC)c3)c[nH]c2c1)C(=O)N[C@@H]1CN(c2nc(Nc3cn(C)nc3OC)c3ncn(C)c3n2)C[C@H]1F. The summed E-state index contributed by atoms with van der Waals surface area (Å²) in [4.78, 5) is 45.2. The standard InChI is InChI=1S/C37H39FN10O7/c1-19(17-55-21-8-9-22-23(13-39-25(22)12-21)31(49)20-10-28(51-4)32(53-6)29(11-20)52-5)35(50)42-26-16-48(14-24(26)38)37-43-33(30-34(44-37)46(2)18-40-30)41-27-15-47(3)45-36(27)54-7/h8-13,15,18,24,26,39H,1,14,16-17H2,2-7H3,(H,42,50)(H,41,43,44)/t24-,26-/m1/s1. The smallest absolute Gasteiger partial charge is 0.256 e. The summed E-state index contributed by atoms with van der Waals surface area (Å²) in [6, 6.07) is 7.47. The molecule has 55 heavy (non-hydrogen) atoms. The molecule has 3 N–H and O–H groups in total. The fraction of sp³-hybridized carbons (Fsp3) is 0.297. The Labute approximate surface area is 314 Å². The highest BCUT2D eigenvalue weighted by Gasteiger charge is 2.36. The number of rotatable bonds is 14. The number of carbonyl (C=O) groups is 2. The molecule has 7 rings (SSSR count). The van der Waals surface area contributed by atoms with Crippen molar-refractivity contribution in [3.05, 3.63) is 72.3 Å². The minimum absolute atomic E-state index is 0.0485. The number of aromatic nitrogens is 7. The molecule has 1 aliphatic rings. The van der Waals surface area contributed by atoms with E-state index in [0.717, 1.165) is 0 Å². The van der Waals surface area contributed by atoms with Gasteiger partial charge in [-0.2, -0.15) is 9.97 Å². The third-order valence-electron chi connectivity index (χ3n) is 9.20. The average molecular weight is 755 g/mol. The molecule has 0 aliphatic carbocycles. The van der Waals surface area contributed by atoms with E-state index in [0.29, 0.717) is 73.6 Å². The Kier molecular flexibility index (Phi) is 9.88. The van der Waals surface area contributed by atoms with E-state index < -0.39 is 18.1 Å². The van der Waals surface area contributed by atoms with Gasteiger partial charge >= 0.3 is 0 Å². The molecule has 0 radical (unpaired) electrons. The number of hydrogen-bond acceptors (Lipinski definition) is 13. The van der Waals surface area contributed by atoms with Gasteiger partial charge in [-0.05, 0) is 24.3 Å². The monoisotopic (exact) mass is 754 g/mol. The molecule has 0 saturated carbocycles.